The highest BCUT2D eigenvalue weighted by Crippen LogP contribution is 2.43. The molecule has 0 spiro atoms. The number of rotatable bonds is 6. The molecular weight excluding hydrogens is 542 g/mol. The van der Waals surface area contributed by atoms with Crippen molar-refractivity contribution in [2.45, 2.75) is 44.7 Å². The molecule has 0 bridgehead atoms. The first-order chi connectivity index (χ1) is 17.8. The smallest absolute Gasteiger partial charge is 0.394 e. The number of aliphatic hydroxyl groups excluding tert-OH is 1. The van der Waals surface area contributed by atoms with Crippen LogP contribution in [0.5, 0.6) is 0 Å². The van der Waals surface area contributed by atoms with Crippen molar-refractivity contribution in [3.05, 3.63) is 35.4 Å². The van der Waals surface area contributed by atoms with E-state index in [1.807, 2.05) is 13.8 Å². The van der Waals surface area contributed by atoms with Gasteiger partial charge in [-0.25, -0.2) is 24.6 Å². The summed E-state index contributed by atoms with van der Waals surface area (Å²) < 4.78 is 80.4. The molecule has 0 unspecified atom stereocenters. The third-order valence-electron chi connectivity index (χ3n) is 5.70. The number of hydrogen-bond donors (Lipinski definition) is 1. The van der Waals surface area contributed by atoms with Crippen LogP contribution in [0.15, 0.2) is 18.7 Å². The van der Waals surface area contributed by atoms with E-state index in [1.54, 1.807) is 0 Å². The van der Waals surface area contributed by atoms with Crippen molar-refractivity contribution in [2.24, 2.45) is 0 Å². The van der Waals surface area contributed by atoms with E-state index < -0.39 is 35.8 Å². The molecule has 1 aliphatic heterocycles. The second kappa shape index (κ2) is 10.4. The van der Waals surface area contributed by atoms with Crippen LogP contribution < -0.4 is 4.90 Å². The fourth-order valence-electron chi connectivity index (χ4n) is 3.84. The van der Waals surface area contributed by atoms with E-state index in [4.69, 9.17) is 0 Å². The number of aliphatic hydroxyl groups is 1. The molecule has 1 N–H and O–H groups in total. The summed E-state index contributed by atoms with van der Waals surface area (Å²) in [6.45, 7) is 3.31. The molecule has 17 heteroatoms. The molecule has 4 heterocycles. The predicted octanol–water partition coefficient (Wildman–Crippen LogP) is 3.06. The summed E-state index contributed by atoms with van der Waals surface area (Å²) in [5, 5.41) is 13.0. The summed E-state index contributed by atoms with van der Waals surface area (Å²) in [6.07, 6.45) is -6.67. The average molecular weight is 565 g/mol. The van der Waals surface area contributed by atoms with Gasteiger partial charge in [0.1, 0.15) is 23.6 Å². The van der Waals surface area contributed by atoms with Crippen LogP contribution in [-0.2, 0) is 23.7 Å². The Bertz CT molecular complexity index is 1270. The Kier molecular flexibility index (Phi) is 7.60. The zero-order valence-electron chi connectivity index (χ0n) is 20.0. The molecule has 1 atom stereocenters. The van der Waals surface area contributed by atoms with Crippen molar-refractivity contribution in [1.82, 2.24) is 34.6 Å². The normalized spacial score (nSPS) is 16.9. The van der Waals surface area contributed by atoms with Gasteiger partial charge in [0.05, 0.1) is 12.6 Å². The minimum atomic E-state index is -4.82. The molecule has 0 radical (unpaired) electrons. The van der Waals surface area contributed by atoms with Gasteiger partial charge in [0.2, 0.25) is 16.7 Å². The third-order valence-corrected chi connectivity index (χ3v) is 6.86. The van der Waals surface area contributed by atoms with Crippen LogP contribution in [-0.4, -0.2) is 77.9 Å². The van der Waals surface area contributed by atoms with E-state index in [2.05, 4.69) is 25.0 Å². The van der Waals surface area contributed by atoms with Crippen molar-refractivity contribution < 1.29 is 36.2 Å². The molecule has 0 saturated carbocycles. The molecule has 4 rings (SSSR count). The highest BCUT2D eigenvalue weighted by molar-refractivity contribution is 7.16. The number of nitrogens with zero attached hydrogens (tertiary/aromatic N) is 8. The van der Waals surface area contributed by atoms with E-state index in [9.17, 15) is 36.2 Å². The zero-order chi connectivity index (χ0) is 27.8. The van der Waals surface area contributed by atoms with E-state index in [0.29, 0.717) is 17.2 Å². The Hall–Kier alpha value is -3.34. The molecule has 38 heavy (non-hydrogen) atoms. The van der Waals surface area contributed by atoms with Crippen LogP contribution in [0.1, 0.15) is 36.4 Å². The summed E-state index contributed by atoms with van der Waals surface area (Å²) in [6, 6.07) is -0.766. The lowest BCUT2D eigenvalue weighted by atomic mass is 10.1. The van der Waals surface area contributed by atoms with Gasteiger partial charge in [-0.3, -0.25) is 4.79 Å². The van der Waals surface area contributed by atoms with Crippen LogP contribution in [0.4, 0.5) is 31.3 Å². The number of alkyl halides is 6. The lowest BCUT2D eigenvalue weighted by Crippen LogP contribution is -2.57. The van der Waals surface area contributed by atoms with Crippen LogP contribution in [0.25, 0.3) is 11.3 Å². The van der Waals surface area contributed by atoms with Crippen LogP contribution in [0.2, 0.25) is 0 Å². The molecular formula is C21H22F6N8O2S. The minimum Gasteiger partial charge on any atom is -0.394 e. The van der Waals surface area contributed by atoms with Crippen molar-refractivity contribution in [3.63, 3.8) is 0 Å². The van der Waals surface area contributed by atoms with Crippen LogP contribution >= 0.6 is 11.3 Å². The lowest BCUT2D eigenvalue weighted by molar-refractivity contribution is -0.145. The van der Waals surface area contributed by atoms with E-state index in [0.717, 1.165) is 12.4 Å². The van der Waals surface area contributed by atoms with Crippen molar-refractivity contribution in [1.29, 1.82) is 0 Å². The number of anilines is 1. The van der Waals surface area contributed by atoms with E-state index in [-0.39, 0.29) is 54.3 Å². The highest BCUT2D eigenvalue weighted by Gasteiger charge is 2.39. The number of amides is 1. The second-order valence-electron chi connectivity index (χ2n) is 8.79. The van der Waals surface area contributed by atoms with Crippen LogP contribution in [0.3, 0.4) is 0 Å². The SMILES string of the molecule is CC(C)c1ncn(CC(=O)N2CCN(c3sc(C(F)(F)F)nc3-c3cnc(C(F)(F)F)nc3)C[C@H]2CO)n1. The Balaban J connectivity index is 1.57. The third kappa shape index (κ3) is 5.87. The largest absolute Gasteiger partial charge is 0.451 e. The number of aromatic nitrogens is 6. The van der Waals surface area contributed by atoms with Gasteiger partial charge >= 0.3 is 12.4 Å². The summed E-state index contributed by atoms with van der Waals surface area (Å²) in [5.74, 6) is -1.17. The maximum Gasteiger partial charge on any atom is 0.451 e. The van der Waals surface area contributed by atoms with Gasteiger partial charge in [0, 0.05) is 43.5 Å². The zero-order valence-corrected chi connectivity index (χ0v) is 20.8. The first-order valence-corrected chi connectivity index (χ1v) is 12.1. The summed E-state index contributed by atoms with van der Waals surface area (Å²) in [4.78, 5) is 30.1. The van der Waals surface area contributed by atoms with Crippen molar-refractivity contribution >= 4 is 22.2 Å². The predicted molar refractivity (Wildman–Crippen MR) is 122 cm³/mol. The monoisotopic (exact) mass is 564 g/mol. The van der Waals surface area contributed by atoms with Gasteiger partial charge in [0.15, 0.2) is 5.82 Å². The quantitative estimate of drug-likeness (QED) is 0.455. The lowest BCUT2D eigenvalue weighted by Gasteiger charge is -2.41. The Morgan fingerprint density at radius 3 is 2.34 bits per heavy atom. The van der Waals surface area contributed by atoms with Gasteiger partial charge in [-0.05, 0) is 0 Å². The first kappa shape index (κ1) is 27.7. The maximum absolute atomic E-state index is 13.5. The number of hydrogen-bond acceptors (Lipinski definition) is 9. The molecule has 10 nitrogen and oxygen atoms in total. The van der Waals surface area contributed by atoms with Crippen LogP contribution in [0, 0.1) is 0 Å². The van der Waals surface area contributed by atoms with Gasteiger partial charge in [0.25, 0.3) is 0 Å². The number of piperazine rings is 1. The highest BCUT2D eigenvalue weighted by atomic mass is 32.1. The van der Waals surface area contributed by atoms with Crippen molar-refractivity contribution in [2.75, 3.05) is 31.1 Å². The van der Waals surface area contributed by atoms with Gasteiger partial charge in [-0.1, -0.05) is 25.2 Å². The summed E-state index contributed by atoms with van der Waals surface area (Å²) in [7, 11) is 0. The number of halogens is 6. The second-order valence-corrected chi connectivity index (χ2v) is 9.77. The number of carbonyl (C=O) groups excluding carboxylic acids is 1. The fourth-order valence-corrected chi connectivity index (χ4v) is 4.83. The maximum atomic E-state index is 13.5. The van der Waals surface area contributed by atoms with Gasteiger partial charge in [-0.15, -0.1) is 0 Å². The Morgan fingerprint density at radius 1 is 1.11 bits per heavy atom. The molecule has 1 amide bonds. The molecule has 3 aromatic heterocycles. The van der Waals surface area contributed by atoms with E-state index in [1.165, 1.54) is 20.8 Å². The topological polar surface area (TPSA) is 113 Å². The fraction of sp³-hybridized carbons (Fsp3) is 0.524. The van der Waals surface area contributed by atoms with Gasteiger partial charge < -0.3 is 14.9 Å². The molecule has 0 aromatic carbocycles. The summed E-state index contributed by atoms with van der Waals surface area (Å²) in [5.41, 5.74) is -0.373. The number of thiazole rings is 1. The van der Waals surface area contributed by atoms with Gasteiger partial charge in [-0.2, -0.15) is 31.4 Å². The summed E-state index contributed by atoms with van der Waals surface area (Å²) >= 11 is 0.312. The Labute approximate surface area is 216 Å². The molecule has 206 valence electrons. The standard InChI is InChI=1S/C21H22F6N8O2S/c1-11(2)16-30-10-34(32-16)8-14(37)35-4-3-33(7-13(35)9-36)17-15(31-19(38-17)21(25,26)27)12-5-28-18(29-6-12)20(22,23)24/h5-6,10-11,13,36H,3-4,7-9H2,1-2H3/t13-/m0/s1. The van der Waals surface area contributed by atoms with Crippen molar-refractivity contribution in [3.8, 4) is 11.3 Å². The van der Waals surface area contributed by atoms with E-state index >= 15 is 0 Å². The first-order valence-electron chi connectivity index (χ1n) is 11.3. The molecule has 3 aromatic rings. The average Bonchev–Trinajstić information content (AvgIpc) is 3.51. The molecule has 1 saturated heterocycles. The Morgan fingerprint density at radius 2 is 1.79 bits per heavy atom. The number of carbonyl (C=O) groups is 1. The molecule has 0 aliphatic carbocycles. The molecule has 1 aliphatic rings. The minimum absolute atomic E-state index is 0.0177. The molecule has 1 fully saturated rings.